The van der Waals surface area contributed by atoms with Crippen LogP contribution in [0.15, 0.2) is 128 Å². The maximum atomic E-state index is 5.27. The molecule has 1 aliphatic rings. The molecule has 6 bridgehead atoms. The molecule has 0 spiro atoms. The van der Waals surface area contributed by atoms with E-state index < -0.39 is 0 Å². The third kappa shape index (κ3) is 4.89. The summed E-state index contributed by atoms with van der Waals surface area (Å²) >= 11 is 0. The Hall–Kier alpha value is -4.34. The van der Waals surface area contributed by atoms with Crippen molar-refractivity contribution in [3.63, 3.8) is 0 Å². The van der Waals surface area contributed by atoms with Gasteiger partial charge in [0.2, 0.25) is 0 Å². The van der Waals surface area contributed by atoms with Crippen LogP contribution in [0.5, 0.6) is 0 Å². The Balaban J connectivity index is 0.00000289. The van der Waals surface area contributed by atoms with Crippen molar-refractivity contribution in [2.24, 2.45) is 0 Å². The van der Waals surface area contributed by atoms with Crippen LogP contribution in [0.2, 0.25) is 0 Å². The molecule has 7 rings (SSSR count). The van der Waals surface area contributed by atoms with Gasteiger partial charge in [-0.05, 0) is 48.5 Å². The second-order valence-corrected chi connectivity index (χ2v) is 9.65. The summed E-state index contributed by atoms with van der Waals surface area (Å²) in [5.74, 6) is -0.583. The third-order valence-electron chi connectivity index (χ3n) is 7.22. The van der Waals surface area contributed by atoms with Crippen molar-refractivity contribution in [2.45, 2.75) is 17.8 Å². The normalized spacial score (nSPS) is 17.6. The van der Waals surface area contributed by atoms with E-state index in [0.717, 1.165) is 51.0 Å². The fourth-order valence-electron chi connectivity index (χ4n) is 5.49. The van der Waals surface area contributed by atoms with E-state index in [0.29, 0.717) is 0 Å². The number of benzene rings is 2. The van der Waals surface area contributed by atoms with Gasteiger partial charge in [-0.2, -0.15) is 60.7 Å². The molecule has 192 valence electrons. The monoisotopic (exact) mass is 602 g/mol. The molecule has 2 atom stereocenters. The summed E-state index contributed by atoms with van der Waals surface area (Å²) in [6.07, 6.45) is 1.83. The van der Waals surface area contributed by atoms with Gasteiger partial charge in [-0.15, -0.1) is 11.1 Å². The topological polar surface area (TPSA) is 51.6 Å². The smallest absolute Gasteiger partial charge is 0.260 e. The zero-order valence-electron chi connectivity index (χ0n) is 21.5. The molecule has 5 heteroatoms. The second-order valence-electron chi connectivity index (χ2n) is 9.65. The number of nitrogens with zero attached hydrogens (tertiary/aromatic N) is 4. The second kappa shape index (κ2) is 11.4. The molecular weight excluding hydrogens is 577 g/mol. The van der Waals surface area contributed by atoms with Crippen molar-refractivity contribution in [3.8, 4) is 0 Å². The number of aromatic nitrogens is 4. The van der Waals surface area contributed by atoms with E-state index in [-0.39, 0.29) is 37.2 Å². The van der Waals surface area contributed by atoms with E-state index >= 15 is 0 Å². The zero-order chi connectivity index (χ0) is 26.0. The van der Waals surface area contributed by atoms with Crippen molar-refractivity contribution in [2.75, 3.05) is 0 Å². The molecule has 0 radical (unpaired) electrons. The van der Waals surface area contributed by atoms with Crippen molar-refractivity contribution >= 4 is 0 Å². The first-order chi connectivity index (χ1) is 19.3. The first-order valence-corrected chi connectivity index (χ1v) is 13.1. The van der Waals surface area contributed by atoms with Gasteiger partial charge in [0.15, 0.2) is 0 Å². The quantitative estimate of drug-likeness (QED) is 0.167. The number of fused-ring (bicyclic) bond motifs is 6. The predicted molar refractivity (Wildman–Crippen MR) is 150 cm³/mol. The van der Waals surface area contributed by atoms with Crippen LogP contribution in [0.25, 0.3) is 0 Å². The minimum absolute atomic E-state index is 0. The molecule has 0 N–H and O–H groups in total. The van der Waals surface area contributed by atoms with E-state index in [1.165, 1.54) is 0 Å². The minimum Gasteiger partial charge on any atom is -0.260 e. The maximum absolute atomic E-state index is 5.27. The summed E-state index contributed by atoms with van der Waals surface area (Å²) in [4.78, 5) is 20.5. The van der Waals surface area contributed by atoms with Crippen molar-refractivity contribution < 1.29 is 19.5 Å². The Bertz CT molecular complexity index is 1460. The molecule has 0 aliphatic carbocycles. The summed E-state index contributed by atoms with van der Waals surface area (Å²) in [5.41, 5.74) is 8.44. The standard InChI is InChI=1S/C35H24N4.Ru/c1-3-12-24(13-4-1)33-27-17-9-18-28(37-27)34(25-14-5-2-6-15-25)30-20-11-22-32(39-30)35(26-16-7-8-23-36-26)31-21-10-19-29(33)38-31;/h1-12,14,16-23,33-35H;/q-2;+2. The first-order valence-electron chi connectivity index (χ1n) is 13.1. The van der Waals surface area contributed by atoms with Gasteiger partial charge in [-0.25, -0.2) is 0 Å². The van der Waals surface area contributed by atoms with Crippen molar-refractivity contribution in [3.05, 3.63) is 191 Å². The number of pyridine rings is 4. The van der Waals surface area contributed by atoms with Crippen LogP contribution in [0.4, 0.5) is 0 Å². The Labute approximate surface area is 247 Å². The van der Waals surface area contributed by atoms with Gasteiger partial charge >= 0.3 is 19.5 Å². The van der Waals surface area contributed by atoms with Crippen molar-refractivity contribution in [1.29, 1.82) is 0 Å². The van der Waals surface area contributed by atoms with Crippen LogP contribution in [-0.2, 0) is 19.5 Å². The molecule has 4 nitrogen and oxygen atoms in total. The van der Waals surface area contributed by atoms with Gasteiger partial charge < -0.3 is 0 Å². The van der Waals surface area contributed by atoms with Gasteiger partial charge in [0.1, 0.15) is 0 Å². The van der Waals surface area contributed by atoms with Crippen LogP contribution in [-0.4, -0.2) is 19.9 Å². The van der Waals surface area contributed by atoms with E-state index in [2.05, 4.69) is 78.9 Å². The Morgan fingerprint density at radius 1 is 0.400 bits per heavy atom. The van der Waals surface area contributed by atoms with E-state index in [9.17, 15) is 0 Å². The van der Waals surface area contributed by atoms with Gasteiger partial charge in [-0.3, -0.25) is 19.9 Å². The molecule has 6 aromatic rings. The fourth-order valence-corrected chi connectivity index (χ4v) is 5.49. The van der Waals surface area contributed by atoms with Crippen LogP contribution >= 0.6 is 0 Å². The SMILES string of the molecule is [Ru+2].[c-]1ccccc1C1c2cccc(n2)C(c2[c-]cccc2)c2cccc(n2)C(c2ccccn2)c2cccc1n2. The molecular formula is C35H24N4Ru. The zero-order valence-corrected chi connectivity index (χ0v) is 23.2. The predicted octanol–water partition coefficient (Wildman–Crippen LogP) is 6.72. The largest absolute Gasteiger partial charge is 2.00 e. The summed E-state index contributed by atoms with van der Waals surface area (Å²) in [5, 5.41) is 0. The van der Waals surface area contributed by atoms with Crippen LogP contribution in [0.3, 0.4) is 0 Å². The number of hydrogen-bond acceptors (Lipinski definition) is 4. The van der Waals surface area contributed by atoms with Gasteiger partial charge in [0.25, 0.3) is 0 Å². The molecule has 0 amide bonds. The van der Waals surface area contributed by atoms with Crippen LogP contribution in [0.1, 0.15) is 68.7 Å². The summed E-state index contributed by atoms with van der Waals surface area (Å²) < 4.78 is 0. The third-order valence-corrected chi connectivity index (χ3v) is 7.22. The summed E-state index contributed by atoms with van der Waals surface area (Å²) in [6, 6.07) is 47.8. The number of rotatable bonds is 3. The molecule has 4 aromatic heterocycles. The van der Waals surface area contributed by atoms with Gasteiger partial charge in [-0.1, -0.05) is 24.3 Å². The number of hydrogen-bond donors (Lipinski definition) is 0. The molecule has 5 heterocycles. The molecule has 1 aliphatic heterocycles. The Morgan fingerprint density at radius 2 is 0.800 bits per heavy atom. The first kappa shape index (κ1) is 25.9. The van der Waals surface area contributed by atoms with Gasteiger partial charge in [0.05, 0.1) is 45.8 Å². The van der Waals surface area contributed by atoms with Crippen LogP contribution < -0.4 is 0 Å². The minimum atomic E-state index is -0.224. The molecule has 0 fully saturated rings. The average molecular weight is 602 g/mol. The Kier molecular flexibility index (Phi) is 7.40. The molecule has 40 heavy (non-hydrogen) atoms. The maximum Gasteiger partial charge on any atom is 2.00 e. The average Bonchev–Trinajstić information content (AvgIpc) is 3.00. The van der Waals surface area contributed by atoms with Gasteiger partial charge in [0, 0.05) is 18.0 Å². The van der Waals surface area contributed by atoms with Crippen LogP contribution in [0, 0.1) is 12.1 Å². The summed E-state index contributed by atoms with van der Waals surface area (Å²) in [6.45, 7) is 0. The summed E-state index contributed by atoms with van der Waals surface area (Å²) in [7, 11) is 0. The van der Waals surface area contributed by atoms with E-state index in [4.69, 9.17) is 19.9 Å². The molecule has 2 unspecified atom stereocenters. The van der Waals surface area contributed by atoms with E-state index in [1.54, 1.807) is 0 Å². The van der Waals surface area contributed by atoms with E-state index in [1.807, 2.05) is 60.8 Å². The van der Waals surface area contributed by atoms with Crippen molar-refractivity contribution in [1.82, 2.24) is 19.9 Å². The molecule has 0 saturated heterocycles. The fraction of sp³-hybridized carbons (Fsp3) is 0.0857. The molecule has 0 saturated carbocycles. The molecule has 2 aromatic carbocycles. The Morgan fingerprint density at radius 3 is 1.18 bits per heavy atom.